The predicted octanol–water partition coefficient (Wildman–Crippen LogP) is 1.75. The summed E-state index contributed by atoms with van der Waals surface area (Å²) in [7, 11) is 0. The second-order valence-electron chi connectivity index (χ2n) is 6.96. The maximum atomic E-state index is 12.0. The van der Waals surface area contributed by atoms with Crippen molar-refractivity contribution >= 4 is 29.6 Å². The van der Waals surface area contributed by atoms with E-state index in [4.69, 9.17) is 4.74 Å². The van der Waals surface area contributed by atoms with Crippen LogP contribution in [-0.2, 0) is 14.3 Å². The quantitative estimate of drug-likeness (QED) is 0.581. The summed E-state index contributed by atoms with van der Waals surface area (Å²) in [5, 5.41) is 9.61. The number of nitrogens with one attached hydrogen (secondary N) is 4. The van der Waals surface area contributed by atoms with Crippen LogP contribution in [0.5, 0.6) is 0 Å². The van der Waals surface area contributed by atoms with Crippen LogP contribution < -0.4 is 21.3 Å². The molecule has 1 rings (SSSR count). The minimum absolute atomic E-state index is 0.519. The largest absolute Gasteiger partial charge is 0.451 e. The minimum Gasteiger partial charge on any atom is -0.451 e. The zero-order valence-electron chi connectivity index (χ0n) is 16.1. The maximum absolute atomic E-state index is 12.0. The SMILES string of the molecule is C[C@H](NC(=O)Nc1ccccc1)C(=O)O[C@@H](C)C(=O)NC(=O)NC(C)(C)C. The van der Waals surface area contributed by atoms with E-state index in [1.54, 1.807) is 51.1 Å². The maximum Gasteiger partial charge on any atom is 0.329 e. The molecule has 9 heteroatoms. The van der Waals surface area contributed by atoms with Gasteiger partial charge in [-0.3, -0.25) is 10.1 Å². The van der Waals surface area contributed by atoms with E-state index >= 15 is 0 Å². The number of esters is 1. The Kier molecular flexibility index (Phi) is 7.77. The summed E-state index contributed by atoms with van der Waals surface area (Å²) in [6.07, 6.45) is -1.20. The highest BCUT2D eigenvalue weighted by atomic mass is 16.5. The van der Waals surface area contributed by atoms with Gasteiger partial charge in [0.2, 0.25) is 0 Å². The first kappa shape index (κ1) is 21.9. The summed E-state index contributed by atoms with van der Waals surface area (Å²) < 4.78 is 4.98. The third-order valence-corrected chi connectivity index (χ3v) is 3.12. The second kappa shape index (κ2) is 9.56. The molecule has 0 saturated carbocycles. The molecule has 0 aliphatic rings. The number of carbonyl (C=O) groups is 4. The van der Waals surface area contributed by atoms with Crippen molar-refractivity contribution in [1.29, 1.82) is 0 Å². The number of hydrogen-bond acceptors (Lipinski definition) is 5. The molecular weight excluding hydrogens is 352 g/mol. The number of para-hydroxylation sites is 1. The average molecular weight is 378 g/mol. The highest BCUT2D eigenvalue weighted by Crippen LogP contribution is 2.05. The molecule has 2 atom stereocenters. The van der Waals surface area contributed by atoms with Crippen molar-refractivity contribution in [3.63, 3.8) is 0 Å². The van der Waals surface area contributed by atoms with Gasteiger partial charge >= 0.3 is 18.0 Å². The minimum atomic E-state index is -1.20. The second-order valence-corrected chi connectivity index (χ2v) is 6.96. The number of rotatable bonds is 5. The zero-order chi connectivity index (χ0) is 20.6. The predicted molar refractivity (Wildman–Crippen MR) is 100 cm³/mol. The lowest BCUT2D eigenvalue weighted by Crippen LogP contribution is -2.51. The Morgan fingerprint density at radius 2 is 1.56 bits per heavy atom. The number of amides is 5. The van der Waals surface area contributed by atoms with E-state index in [9.17, 15) is 19.2 Å². The van der Waals surface area contributed by atoms with Crippen molar-refractivity contribution in [3.05, 3.63) is 30.3 Å². The van der Waals surface area contributed by atoms with E-state index in [0.717, 1.165) is 0 Å². The molecule has 9 nitrogen and oxygen atoms in total. The van der Waals surface area contributed by atoms with Crippen molar-refractivity contribution in [1.82, 2.24) is 16.0 Å². The van der Waals surface area contributed by atoms with E-state index in [2.05, 4.69) is 21.3 Å². The highest BCUT2D eigenvalue weighted by Gasteiger charge is 2.25. The first-order chi connectivity index (χ1) is 12.5. The summed E-state index contributed by atoms with van der Waals surface area (Å²) in [5.74, 6) is -1.58. The van der Waals surface area contributed by atoms with E-state index < -0.39 is 41.6 Å². The number of urea groups is 2. The van der Waals surface area contributed by atoms with Crippen LogP contribution in [0.4, 0.5) is 15.3 Å². The van der Waals surface area contributed by atoms with Gasteiger partial charge in [0.1, 0.15) is 6.04 Å². The van der Waals surface area contributed by atoms with Crippen LogP contribution in [0, 0.1) is 0 Å². The number of hydrogen-bond donors (Lipinski definition) is 4. The van der Waals surface area contributed by atoms with Crippen molar-refractivity contribution in [2.45, 2.75) is 52.3 Å². The molecule has 1 aromatic rings. The van der Waals surface area contributed by atoms with Crippen LogP contribution in [-0.4, -0.2) is 41.6 Å². The Balaban J connectivity index is 2.45. The van der Waals surface area contributed by atoms with Crippen LogP contribution in [0.25, 0.3) is 0 Å². The van der Waals surface area contributed by atoms with Crippen molar-refractivity contribution in [3.8, 4) is 0 Å². The number of carbonyl (C=O) groups excluding carboxylic acids is 4. The number of ether oxygens (including phenoxy) is 1. The van der Waals surface area contributed by atoms with Gasteiger partial charge in [-0.25, -0.2) is 14.4 Å². The van der Waals surface area contributed by atoms with Gasteiger partial charge in [0.25, 0.3) is 5.91 Å². The Bertz CT molecular complexity index is 685. The molecule has 0 aromatic heterocycles. The van der Waals surface area contributed by atoms with Gasteiger partial charge in [-0.05, 0) is 46.8 Å². The molecule has 0 unspecified atom stereocenters. The summed E-state index contributed by atoms with van der Waals surface area (Å²) in [5.41, 5.74) is 0.0441. The molecule has 0 aliphatic carbocycles. The molecule has 27 heavy (non-hydrogen) atoms. The van der Waals surface area contributed by atoms with Gasteiger partial charge in [0.05, 0.1) is 0 Å². The molecule has 5 amide bonds. The van der Waals surface area contributed by atoms with Gasteiger partial charge < -0.3 is 20.7 Å². The molecule has 1 aromatic carbocycles. The third-order valence-electron chi connectivity index (χ3n) is 3.12. The Hall–Kier alpha value is -3.10. The smallest absolute Gasteiger partial charge is 0.329 e. The van der Waals surface area contributed by atoms with Crippen molar-refractivity contribution in [2.75, 3.05) is 5.32 Å². The van der Waals surface area contributed by atoms with Crippen molar-refractivity contribution in [2.24, 2.45) is 0 Å². The summed E-state index contributed by atoms with van der Waals surface area (Å²) in [6, 6.07) is 6.42. The molecule has 4 N–H and O–H groups in total. The van der Waals surface area contributed by atoms with Crippen LogP contribution in [0.15, 0.2) is 30.3 Å². The van der Waals surface area contributed by atoms with Crippen LogP contribution in [0.2, 0.25) is 0 Å². The summed E-state index contributed by atoms with van der Waals surface area (Å²) in [4.78, 5) is 47.5. The normalized spacial score (nSPS) is 12.9. The van der Waals surface area contributed by atoms with Crippen LogP contribution in [0.1, 0.15) is 34.6 Å². The van der Waals surface area contributed by atoms with E-state index in [-0.39, 0.29) is 0 Å². The number of anilines is 1. The van der Waals surface area contributed by atoms with Crippen LogP contribution >= 0.6 is 0 Å². The van der Waals surface area contributed by atoms with Crippen molar-refractivity contribution < 1.29 is 23.9 Å². The van der Waals surface area contributed by atoms with Gasteiger partial charge in [-0.15, -0.1) is 0 Å². The van der Waals surface area contributed by atoms with Gasteiger partial charge in [-0.1, -0.05) is 18.2 Å². The lowest BCUT2D eigenvalue weighted by atomic mass is 10.1. The standard InChI is InChI=1S/C18H26N4O5/c1-11(19-16(25)20-13-9-7-6-8-10-13)15(24)27-12(2)14(23)21-17(26)22-18(3,4)5/h6-12H,1-5H3,(H2,19,20,25)(H2,21,22,23,26)/t11-,12-/m0/s1. The van der Waals surface area contributed by atoms with E-state index in [1.807, 2.05) is 0 Å². The van der Waals surface area contributed by atoms with Gasteiger partial charge in [-0.2, -0.15) is 0 Å². The average Bonchev–Trinajstić information content (AvgIpc) is 2.53. The molecule has 0 radical (unpaired) electrons. The fraction of sp³-hybridized carbons (Fsp3) is 0.444. The molecule has 0 saturated heterocycles. The lowest BCUT2D eigenvalue weighted by molar-refractivity contribution is -0.155. The summed E-state index contributed by atoms with van der Waals surface area (Å²) in [6.45, 7) is 8.02. The van der Waals surface area contributed by atoms with Gasteiger partial charge in [0, 0.05) is 11.2 Å². The summed E-state index contributed by atoms with van der Waals surface area (Å²) >= 11 is 0. The molecule has 0 fully saturated rings. The first-order valence-corrected chi connectivity index (χ1v) is 8.44. The topological polar surface area (TPSA) is 126 Å². The number of benzene rings is 1. The molecule has 0 bridgehead atoms. The molecule has 0 spiro atoms. The van der Waals surface area contributed by atoms with Gasteiger partial charge in [0.15, 0.2) is 6.10 Å². The fourth-order valence-electron chi connectivity index (χ4n) is 1.86. The monoisotopic (exact) mass is 378 g/mol. The number of imide groups is 1. The van der Waals surface area contributed by atoms with E-state index in [0.29, 0.717) is 5.69 Å². The molecule has 148 valence electrons. The molecule has 0 heterocycles. The molecule has 0 aliphatic heterocycles. The first-order valence-electron chi connectivity index (χ1n) is 8.44. The fourth-order valence-corrected chi connectivity index (χ4v) is 1.86. The van der Waals surface area contributed by atoms with Crippen LogP contribution in [0.3, 0.4) is 0 Å². The highest BCUT2D eigenvalue weighted by molar-refractivity contribution is 5.98. The zero-order valence-corrected chi connectivity index (χ0v) is 16.1. The Morgan fingerprint density at radius 3 is 2.11 bits per heavy atom. The molecular formula is C18H26N4O5. The lowest BCUT2D eigenvalue weighted by Gasteiger charge is -2.21. The third kappa shape index (κ3) is 8.70. The Labute approximate surface area is 158 Å². The Morgan fingerprint density at radius 1 is 0.963 bits per heavy atom. The van der Waals surface area contributed by atoms with E-state index in [1.165, 1.54) is 13.8 Å².